The van der Waals surface area contributed by atoms with E-state index in [1.807, 2.05) is 0 Å². The summed E-state index contributed by atoms with van der Waals surface area (Å²) in [6, 6.07) is -0.423. The van der Waals surface area contributed by atoms with E-state index < -0.39 is 18.1 Å². The maximum atomic E-state index is 12.7. The van der Waals surface area contributed by atoms with Crippen molar-refractivity contribution in [2.75, 3.05) is 0 Å². The molecular formula is C14H19F3N2O2S. The number of carbonyl (C=O) groups excluding carboxylic acids is 1. The van der Waals surface area contributed by atoms with Crippen molar-refractivity contribution in [1.82, 2.24) is 9.88 Å². The van der Waals surface area contributed by atoms with Crippen molar-refractivity contribution < 1.29 is 18.0 Å². The van der Waals surface area contributed by atoms with E-state index in [-0.39, 0.29) is 36.6 Å². The number of nitrogens with one attached hydrogen (secondary N) is 1. The minimum Gasteiger partial charge on any atom is -0.353 e. The van der Waals surface area contributed by atoms with E-state index in [9.17, 15) is 22.8 Å². The number of aromatic nitrogens is 1. The topological polar surface area (TPSA) is 51.1 Å². The third kappa shape index (κ3) is 4.34. The molecule has 4 nitrogen and oxygen atoms in total. The van der Waals surface area contributed by atoms with Crippen molar-refractivity contribution in [3.05, 3.63) is 20.7 Å². The second-order valence-electron chi connectivity index (χ2n) is 5.71. The van der Waals surface area contributed by atoms with Gasteiger partial charge in [0, 0.05) is 30.1 Å². The third-order valence-corrected chi connectivity index (χ3v) is 4.92. The summed E-state index contributed by atoms with van der Waals surface area (Å²) in [4.78, 5) is 23.3. The number of hydrogen-bond donors (Lipinski definition) is 1. The molecule has 1 heterocycles. The molecular weight excluding hydrogens is 317 g/mol. The van der Waals surface area contributed by atoms with Crippen LogP contribution in [0.1, 0.15) is 37.8 Å². The summed E-state index contributed by atoms with van der Waals surface area (Å²) in [7, 11) is 0. The summed E-state index contributed by atoms with van der Waals surface area (Å²) < 4.78 is 39.7. The maximum absolute atomic E-state index is 12.7. The molecule has 2 rings (SSSR count). The second-order valence-corrected chi connectivity index (χ2v) is 6.53. The fourth-order valence-corrected chi connectivity index (χ4v) is 3.57. The molecule has 2 atom stereocenters. The van der Waals surface area contributed by atoms with E-state index in [0.717, 1.165) is 17.0 Å². The first-order valence-electron chi connectivity index (χ1n) is 7.28. The van der Waals surface area contributed by atoms with Crippen molar-refractivity contribution in [3.8, 4) is 0 Å². The Bertz CT molecular complexity index is 579. The largest absolute Gasteiger partial charge is 0.391 e. The first-order valence-corrected chi connectivity index (χ1v) is 8.16. The predicted octanol–water partition coefficient (Wildman–Crippen LogP) is 2.85. The Morgan fingerprint density at radius 3 is 2.77 bits per heavy atom. The minimum absolute atomic E-state index is 0.0489. The Labute approximate surface area is 130 Å². The number of carbonyl (C=O) groups is 1. The molecule has 1 aromatic rings. The molecule has 1 aliphatic rings. The Kier molecular flexibility index (Phi) is 5.31. The summed E-state index contributed by atoms with van der Waals surface area (Å²) >= 11 is 1.07. The van der Waals surface area contributed by atoms with Gasteiger partial charge in [-0.3, -0.25) is 9.59 Å². The van der Waals surface area contributed by atoms with Gasteiger partial charge in [-0.15, -0.1) is 0 Å². The van der Waals surface area contributed by atoms with E-state index in [1.165, 1.54) is 4.57 Å². The fourth-order valence-electron chi connectivity index (χ4n) is 2.81. The molecule has 1 aliphatic carbocycles. The number of amides is 1. The maximum Gasteiger partial charge on any atom is 0.391 e. The van der Waals surface area contributed by atoms with Crippen LogP contribution in [-0.4, -0.2) is 22.7 Å². The lowest BCUT2D eigenvalue weighted by atomic mass is 9.85. The van der Waals surface area contributed by atoms with Crippen LogP contribution in [0.3, 0.4) is 0 Å². The summed E-state index contributed by atoms with van der Waals surface area (Å²) in [6.45, 7) is 2.04. The molecule has 0 unspecified atom stereocenters. The quantitative estimate of drug-likeness (QED) is 0.919. The van der Waals surface area contributed by atoms with Gasteiger partial charge in [0.15, 0.2) is 0 Å². The lowest BCUT2D eigenvalue weighted by molar-refractivity contribution is -0.184. The highest BCUT2D eigenvalue weighted by atomic mass is 32.1. The van der Waals surface area contributed by atoms with Crippen molar-refractivity contribution >= 4 is 17.2 Å². The molecule has 0 aromatic carbocycles. The smallest absolute Gasteiger partial charge is 0.353 e. The van der Waals surface area contributed by atoms with E-state index in [4.69, 9.17) is 0 Å². The molecule has 1 fully saturated rings. The van der Waals surface area contributed by atoms with Crippen LogP contribution < -0.4 is 10.2 Å². The van der Waals surface area contributed by atoms with Crippen molar-refractivity contribution in [2.24, 2.45) is 5.92 Å². The number of hydrogen-bond acceptors (Lipinski definition) is 3. The van der Waals surface area contributed by atoms with Gasteiger partial charge in [0.05, 0.1) is 5.92 Å². The van der Waals surface area contributed by atoms with Crippen molar-refractivity contribution in [3.63, 3.8) is 0 Å². The highest BCUT2D eigenvalue weighted by Gasteiger charge is 2.42. The Morgan fingerprint density at radius 2 is 2.18 bits per heavy atom. The fraction of sp³-hybridized carbons (Fsp3) is 0.714. The highest BCUT2D eigenvalue weighted by Crippen LogP contribution is 2.37. The summed E-state index contributed by atoms with van der Waals surface area (Å²) in [5.74, 6) is -1.63. The van der Waals surface area contributed by atoms with Crippen LogP contribution in [-0.2, 0) is 11.3 Å². The monoisotopic (exact) mass is 336 g/mol. The van der Waals surface area contributed by atoms with Gasteiger partial charge in [-0.05, 0) is 26.2 Å². The Morgan fingerprint density at radius 1 is 1.45 bits per heavy atom. The van der Waals surface area contributed by atoms with Gasteiger partial charge in [-0.25, -0.2) is 0 Å². The second kappa shape index (κ2) is 6.85. The molecule has 1 amide bonds. The van der Waals surface area contributed by atoms with E-state index in [1.54, 1.807) is 12.3 Å². The number of halogens is 3. The number of alkyl halides is 3. The van der Waals surface area contributed by atoms with Crippen molar-refractivity contribution in [2.45, 2.75) is 57.8 Å². The number of nitrogens with zero attached hydrogens (tertiary/aromatic N) is 1. The van der Waals surface area contributed by atoms with E-state index in [0.29, 0.717) is 12.8 Å². The lowest BCUT2D eigenvalue weighted by Gasteiger charge is -2.31. The standard InChI is InChI=1S/C14H19F3N2O2S/c1-9-8-22-13(21)19(9)6-5-12(20)18-11-4-2-3-10(7-11)14(15,16)17/h8,10-11H,2-7H2,1H3,(H,18,20)/t10-,11-/m1/s1. The molecule has 0 spiro atoms. The molecule has 124 valence electrons. The summed E-state index contributed by atoms with van der Waals surface area (Å²) in [5.41, 5.74) is 0.789. The Hall–Kier alpha value is -1.31. The van der Waals surface area contributed by atoms with Gasteiger partial charge < -0.3 is 9.88 Å². The van der Waals surface area contributed by atoms with Crippen LogP contribution in [0, 0.1) is 12.8 Å². The van der Waals surface area contributed by atoms with E-state index >= 15 is 0 Å². The van der Waals surface area contributed by atoms with Crippen LogP contribution in [0.25, 0.3) is 0 Å². The average molecular weight is 336 g/mol. The highest BCUT2D eigenvalue weighted by molar-refractivity contribution is 7.07. The normalized spacial score (nSPS) is 22.5. The summed E-state index contributed by atoms with van der Waals surface area (Å²) in [6.07, 6.45) is -2.95. The van der Waals surface area contributed by atoms with Gasteiger partial charge in [0.2, 0.25) is 5.91 Å². The van der Waals surface area contributed by atoms with Crippen LogP contribution in [0.4, 0.5) is 13.2 Å². The zero-order chi connectivity index (χ0) is 16.3. The molecule has 0 bridgehead atoms. The lowest BCUT2D eigenvalue weighted by Crippen LogP contribution is -2.41. The number of rotatable bonds is 4. The number of thiazole rings is 1. The van der Waals surface area contributed by atoms with Crippen LogP contribution >= 0.6 is 11.3 Å². The first kappa shape index (κ1) is 17.1. The SMILES string of the molecule is Cc1csc(=O)n1CCC(=O)N[C@@H]1CCC[C@@H](C(F)(F)F)C1. The van der Waals surface area contributed by atoms with Crippen LogP contribution in [0.15, 0.2) is 10.2 Å². The average Bonchev–Trinajstić information content (AvgIpc) is 2.75. The predicted molar refractivity (Wildman–Crippen MR) is 77.9 cm³/mol. The minimum atomic E-state index is -4.19. The molecule has 1 aromatic heterocycles. The van der Waals surface area contributed by atoms with Crippen LogP contribution in [0.2, 0.25) is 0 Å². The van der Waals surface area contributed by atoms with Gasteiger partial charge in [0.25, 0.3) is 0 Å². The van der Waals surface area contributed by atoms with Crippen molar-refractivity contribution in [1.29, 1.82) is 0 Å². The molecule has 22 heavy (non-hydrogen) atoms. The van der Waals surface area contributed by atoms with E-state index in [2.05, 4.69) is 5.32 Å². The molecule has 1 saturated carbocycles. The Balaban J connectivity index is 1.83. The molecule has 8 heteroatoms. The first-order chi connectivity index (χ1) is 10.3. The summed E-state index contributed by atoms with van der Waals surface area (Å²) in [5, 5.41) is 4.39. The third-order valence-electron chi connectivity index (χ3n) is 4.04. The van der Waals surface area contributed by atoms with Crippen LogP contribution in [0.5, 0.6) is 0 Å². The molecule has 0 saturated heterocycles. The van der Waals surface area contributed by atoms with Gasteiger partial charge in [-0.1, -0.05) is 17.8 Å². The van der Waals surface area contributed by atoms with Gasteiger partial charge in [0.1, 0.15) is 0 Å². The number of aryl methyl sites for hydroxylation is 1. The zero-order valence-electron chi connectivity index (χ0n) is 12.3. The molecule has 1 N–H and O–H groups in total. The van der Waals surface area contributed by atoms with Gasteiger partial charge in [-0.2, -0.15) is 13.2 Å². The molecule has 0 aliphatic heterocycles. The zero-order valence-corrected chi connectivity index (χ0v) is 13.1. The molecule has 0 radical (unpaired) electrons. The van der Waals surface area contributed by atoms with Gasteiger partial charge >= 0.3 is 11.0 Å².